The third-order valence-electron chi connectivity index (χ3n) is 4.41. The molecule has 1 saturated heterocycles. The molecule has 2 aliphatic rings. The Hall–Kier alpha value is -1.03. The van der Waals surface area contributed by atoms with Gasteiger partial charge in [0.1, 0.15) is 5.75 Å². The van der Waals surface area contributed by atoms with Crippen LogP contribution in [-0.2, 0) is 0 Å². The number of amides is 1. The van der Waals surface area contributed by atoms with Crippen molar-refractivity contribution < 1.29 is 9.53 Å². The van der Waals surface area contributed by atoms with E-state index in [9.17, 15) is 4.79 Å². The quantitative estimate of drug-likeness (QED) is 0.835. The first-order valence-electron chi connectivity index (χ1n) is 6.82. The molecule has 0 bridgehead atoms. The summed E-state index contributed by atoms with van der Waals surface area (Å²) in [5.41, 5.74) is 0.743. The van der Waals surface area contributed by atoms with Gasteiger partial charge in [0.25, 0.3) is 5.91 Å². The van der Waals surface area contributed by atoms with E-state index in [2.05, 4.69) is 15.9 Å². The number of hydrogen-bond donors (Lipinski definition) is 0. The Kier molecular flexibility index (Phi) is 3.52. The molecule has 4 heteroatoms. The molecule has 0 N–H and O–H groups in total. The van der Waals surface area contributed by atoms with Crippen molar-refractivity contribution >= 4 is 21.8 Å². The first-order chi connectivity index (χ1) is 9.19. The third kappa shape index (κ3) is 2.38. The molecule has 1 aromatic rings. The average molecular weight is 324 g/mol. The fourth-order valence-corrected chi connectivity index (χ4v) is 3.92. The van der Waals surface area contributed by atoms with Gasteiger partial charge in [-0.25, -0.2) is 0 Å². The third-order valence-corrected chi connectivity index (χ3v) is 5.03. The van der Waals surface area contributed by atoms with Crippen molar-refractivity contribution in [2.75, 3.05) is 20.2 Å². The zero-order valence-corrected chi connectivity index (χ0v) is 12.6. The van der Waals surface area contributed by atoms with Crippen LogP contribution in [0.1, 0.15) is 29.6 Å². The lowest BCUT2D eigenvalue weighted by Gasteiger charge is -2.17. The van der Waals surface area contributed by atoms with Gasteiger partial charge in [-0.1, -0.05) is 6.42 Å². The highest BCUT2D eigenvalue weighted by Crippen LogP contribution is 2.38. The number of halogens is 1. The van der Waals surface area contributed by atoms with Gasteiger partial charge in [0, 0.05) is 18.7 Å². The molecule has 1 saturated carbocycles. The molecule has 2 fully saturated rings. The van der Waals surface area contributed by atoms with Crippen molar-refractivity contribution in [2.24, 2.45) is 11.8 Å². The van der Waals surface area contributed by atoms with Gasteiger partial charge in [0.2, 0.25) is 0 Å². The van der Waals surface area contributed by atoms with E-state index >= 15 is 0 Å². The maximum Gasteiger partial charge on any atom is 0.253 e. The summed E-state index contributed by atoms with van der Waals surface area (Å²) < 4.78 is 6.03. The predicted octanol–water partition coefficient (Wildman–Crippen LogP) is 3.33. The smallest absolute Gasteiger partial charge is 0.253 e. The number of fused-ring (bicyclic) bond motifs is 1. The zero-order valence-electron chi connectivity index (χ0n) is 11.1. The predicted molar refractivity (Wildman–Crippen MR) is 77.4 cm³/mol. The van der Waals surface area contributed by atoms with Crippen LogP contribution in [0.5, 0.6) is 5.75 Å². The highest BCUT2D eigenvalue weighted by molar-refractivity contribution is 9.10. The van der Waals surface area contributed by atoms with Crippen LogP contribution in [0.3, 0.4) is 0 Å². The fourth-order valence-electron chi connectivity index (χ4n) is 3.38. The van der Waals surface area contributed by atoms with Crippen molar-refractivity contribution in [3.8, 4) is 5.75 Å². The van der Waals surface area contributed by atoms with Crippen LogP contribution in [0.15, 0.2) is 22.7 Å². The molecule has 19 heavy (non-hydrogen) atoms. The van der Waals surface area contributed by atoms with Gasteiger partial charge in [-0.05, 0) is 58.8 Å². The minimum absolute atomic E-state index is 0.151. The molecule has 1 aliphatic carbocycles. The molecule has 1 heterocycles. The number of hydrogen-bond acceptors (Lipinski definition) is 2. The van der Waals surface area contributed by atoms with Crippen molar-refractivity contribution in [1.29, 1.82) is 0 Å². The van der Waals surface area contributed by atoms with E-state index < -0.39 is 0 Å². The average Bonchev–Trinajstić information content (AvgIpc) is 2.98. The first-order valence-corrected chi connectivity index (χ1v) is 7.61. The van der Waals surface area contributed by atoms with Crippen molar-refractivity contribution in [1.82, 2.24) is 4.90 Å². The minimum Gasteiger partial charge on any atom is -0.496 e. The standard InChI is InChI=1S/C15H18BrNO2/c1-19-14-6-5-10(7-13(14)16)15(18)17-8-11-3-2-4-12(11)9-17/h5-7,11-12H,2-4,8-9H2,1H3. The Morgan fingerprint density at radius 3 is 2.58 bits per heavy atom. The topological polar surface area (TPSA) is 29.5 Å². The summed E-state index contributed by atoms with van der Waals surface area (Å²) in [5, 5.41) is 0. The Balaban J connectivity index is 1.75. The second-order valence-corrected chi connectivity index (χ2v) is 6.36. The molecule has 2 atom stereocenters. The van der Waals surface area contributed by atoms with E-state index in [0.717, 1.165) is 40.7 Å². The van der Waals surface area contributed by atoms with Crippen LogP contribution in [0.2, 0.25) is 0 Å². The summed E-state index contributed by atoms with van der Waals surface area (Å²) >= 11 is 3.44. The Bertz CT molecular complexity index is 491. The van der Waals surface area contributed by atoms with Gasteiger partial charge in [-0.2, -0.15) is 0 Å². The lowest BCUT2D eigenvalue weighted by Crippen LogP contribution is -2.29. The normalized spacial score (nSPS) is 25.5. The van der Waals surface area contributed by atoms with Crippen LogP contribution in [0.4, 0.5) is 0 Å². The minimum atomic E-state index is 0.151. The Morgan fingerprint density at radius 2 is 2.00 bits per heavy atom. The van der Waals surface area contributed by atoms with Crippen LogP contribution in [0.25, 0.3) is 0 Å². The molecule has 1 aliphatic heterocycles. The van der Waals surface area contributed by atoms with Crippen molar-refractivity contribution in [3.05, 3.63) is 28.2 Å². The van der Waals surface area contributed by atoms with E-state index in [1.54, 1.807) is 7.11 Å². The summed E-state index contributed by atoms with van der Waals surface area (Å²) in [6, 6.07) is 5.55. The summed E-state index contributed by atoms with van der Waals surface area (Å²) in [5.74, 6) is 2.39. The molecule has 1 amide bonds. The second-order valence-electron chi connectivity index (χ2n) is 5.51. The number of benzene rings is 1. The molecule has 0 radical (unpaired) electrons. The molecular formula is C15H18BrNO2. The molecule has 1 aromatic carbocycles. The van der Waals surface area contributed by atoms with Gasteiger partial charge in [-0.3, -0.25) is 4.79 Å². The van der Waals surface area contributed by atoms with Crippen LogP contribution in [0, 0.1) is 11.8 Å². The lowest BCUT2D eigenvalue weighted by molar-refractivity contribution is 0.0780. The number of carbonyl (C=O) groups is 1. The van der Waals surface area contributed by atoms with Gasteiger partial charge in [0.15, 0.2) is 0 Å². The Labute approximate surface area is 122 Å². The number of nitrogens with zero attached hydrogens (tertiary/aromatic N) is 1. The van der Waals surface area contributed by atoms with E-state index in [-0.39, 0.29) is 5.91 Å². The largest absolute Gasteiger partial charge is 0.496 e. The van der Waals surface area contributed by atoms with E-state index in [1.807, 2.05) is 23.1 Å². The maximum atomic E-state index is 12.5. The monoisotopic (exact) mass is 323 g/mol. The summed E-state index contributed by atoms with van der Waals surface area (Å²) in [7, 11) is 1.63. The highest BCUT2D eigenvalue weighted by Gasteiger charge is 2.38. The van der Waals surface area contributed by atoms with Crippen LogP contribution >= 0.6 is 15.9 Å². The van der Waals surface area contributed by atoms with E-state index in [0.29, 0.717) is 0 Å². The number of ether oxygens (including phenoxy) is 1. The molecule has 102 valence electrons. The van der Waals surface area contributed by atoms with E-state index in [1.165, 1.54) is 19.3 Å². The summed E-state index contributed by atoms with van der Waals surface area (Å²) in [6.07, 6.45) is 3.92. The van der Waals surface area contributed by atoms with Crippen LogP contribution in [-0.4, -0.2) is 31.0 Å². The molecule has 3 nitrogen and oxygen atoms in total. The lowest BCUT2D eigenvalue weighted by atomic mass is 10.0. The molecule has 3 rings (SSSR count). The fraction of sp³-hybridized carbons (Fsp3) is 0.533. The van der Waals surface area contributed by atoms with Gasteiger partial charge >= 0.3 is 0 Å². The van der Waals surface area contributed by atoms with Crippen molar-refractivity contribution in [2.45, 2.75) is 19.3 Å². The highest BCUT2D eigenvalue weighted by atomic mass is 79.9. The van der Waals surface area contributed by atoms with Crippen molar-refractivity contribution in [3.63, 3.8) is 0 Å². The van der Waals surface area contributed by atoms with Gasteiger partial charge in [-0.15, -0.1) is 0 Å². The SMILES string of the molecule is COc1ccc(C(=O)N2CC3CCCC3C2)cc1Br. The second kappa shape index (κ2) is 5.16. The van der Waals surface area contributed by atoms with E-state index in [4.69, 9.17) is 4.74 Å². The van der Waals surface area contributed by atoms with Gasteiger partial charge in [0.05, 0.1) is 11.6 Å². The molecule has 2 unspecified atom stereocenters. The first kappa shape index (κ1) is 13.0. The number of methoxy groups -OCH3 is 1. The zero-order chi connectivity index (χ0) is 13.4. The molecule has 0 aromatic heterocycles. The van der Waals surface area contributed by atoms with Crippen LogP contribution < -0.4 is 4.74 Å². The molecular weight excluding hydrogens is 306 g/mol. The number of rotatable bonds is 2. The Morgan fingerprint density at radius 1 is 1.32 bits per heavy atom. The van der Waals surface area contributed by atoms with Gasteiger partial charge < -0.3 is 9.64 Å². The number of carbonyl (C=O) groups excluding carboxylic acids is 1. The molecule has 0 spiro atoms. The maximum absolute atomic E-state index is 12.5. The number of likely N-dealkylation sites (tertiary alicyclic amines) is 1. The summed E-state index contributed by atoms with van der Waals surface area (Å²) in [6.45, 7) is 1.88. The summed E-state index contributed by atoms with van der Waals surface area (Å²) in [4.78, 5) is 14.5.